The zero-order valence-corrected chi connectivity index (χ0v) is 13.9. The van der Waals surface area contributed by atoms with E-state index >= 15 is 0 Å². The molecule has 0 fully saturated rings. The minimum absolute atomic E-state index is 0.165. The fourth-order valence-electron chi connectivity index (χ4n) is 2.76. The molecule has 0 saturated heterocycles. The molecule has 1 aliphatic heterocycles. The minimum Gasteiger partial charge on any atom is -0.467 e. The summed E-state index contributed by atoms with van der Waals surface area (Å²) in [5.41, 5.74) is -0.269. The van der Waals surface area contributed by atoms with Crippen molar-refractivity contribution in [2.45, 2.75) is 45.3 Å². The highest BCUT2D eigenvalue weighted by Crippen LogP contribution is 2.10. The number of amides is 2. The normalized spacial score (nSPS) is 13.8. The molecule has 0 aliphatic carbocycles. The van der Waals surface area contributed by atoms with E-state index in [0.29, 0.717) is 12.3 Å². The second-order valence-electron chi connectivity index (χ2n) is 5.95. The van der Waals surface area contributed by atoms with Crippen LogP contribution in [-0.2, 0) is 35.6 Å². The number of hydrogen-bond donors (Lipinski definition) is 2. The maximum absolute atomic E-state index is 12.3. The van der Waals surface area contributed by atoms with Gasteiger partial charge in [-0.05, 0) is 25.0 Å². The number of nitrogens with zero attached hydrogens (tertiary/aromatic N) is 3. The van der Waals surface area contributed by atoms with Gasteiger partial charge in [-0.25, -0.2) is 9.48 Å². The predicted octanol–water partition coefficient (Wildman–Crippen LogP) is -0.203. The lowest BCUT2D eigenvalue weighted by molar-refractivity contribution is -0.126. The van der Waals surface area contributed by atoms with Crippen molar-refractivity contribution in [2.75, 3.05) is 6.54 Å². The third-order valence-electron chi connectivity index (χ3n) is 4.06. The highest BCUT2D eigenvalue weighted by molar-refractivity contribution is 5.84. The van der Waals surface area contributed by atoms with Gasteiger partial charge in [0.15, 0.2) is 0 Å². The van der Waals surface area contributed by atoms with E-state index < -0.39 is 5.91 Å². The van der Waals surface area contributed by atoms with Gasteiger partial charge < -0.3 is 15.1 Å². The minimum atomic E-state index is -0.427. The lowest BCUT2D eigenvalue weighted by atomic mass is 10.2. The summed E-state index contributed by atoms with van der Waals surface area (Å²) in [6.45, 7) is 0.548. The first-order chi connectivity index (χ1) is 12.1. The quantitative estimate of drug-likeness (QED) is 0.751. The summed E-state index contributed by atoms with van der Waals surface area (Å²) in [5.74, 6) is 0.596. The van der Waals surface area contributed by atoms with E-state index in [1.165, 1.54) is 6.26 Å². The van der Waals surface area contributed by atoms with Crippen molar-refractivity contribution in [2.24, 2.45) is 0 Å². The molecule has 0 radical (unpaired) electrons. The van der Waals surface area contributed by atoms with Gasteiger partial charge in [-0.3, -0.25) is 14.2 Å². The maximum Gasteiger partial charge on any atom is 0.346 e. The molecule has 25 heavy (non-hydrogen) atoms. The molecule has 2 N–H and O–H groups in total. The third-order valence-corrected chi connectivity index (χ3v) is 4.06. The molecule has 2 amide bonds. The van der Waals surface area contributed by atoms with Crippen LogP contribution in [0.5, 0.6) is 0 Å². The lowest BCUT2D eigenvalue weighted by Crippen LogP contribution is -2.39. The van der Waals surface area contributed by atoms with Gasteiger partial charge in [0.05, 0.1) is 19.4 Å². The van der Waals surface area contributed by atoms with Crippen molar-refractivity contribution in [3.8, 4) is 0 Å². The van der Waals surface area contributed by atoms with Gasteiger partial charge in [-0.15, -0.1) is 0 Å². The smallest absolute Gasteiger partial charge is 0.346 e. The Labute approximate surface area is 144 Å². The molecule has 2 aromatic heterocycles. The molecule has 3 heterocycles. The number of aromatic nitrogens is 3. The zero-order chi connectivity index (χ0) is 17.6. The summed E-state index contributed by atoms with van der Waals surface area (Å²) < 4.78 is 7.90. The van der Waals surface area contributed by atoms with Gasteiger partial charge in [0.25, 0.3) is 0 Å². The molecule has 9 heteroatoms. The average molecular weight is 347 g/mol. The second kappa shape index (κ2) is 7.82. The van der Waals surface area contributed by atoms with Crippen LogP contribution in [0.25, 0.3) is 0 Å². The summed E-state index contributed by atoms with van der Waals surface area (Å²) >= 11 is 0. The van der Waals surface area contributed by atoms with Crippen molar-refractivity contribution in [3.63, 3.8) is 0 Å². The monoisotopic (exact) mass is 347 g/mol. The summed E-state index contributed by atoms with van der Waals surface area (Å²) in [5, 5.41) is 9.36. The molecule has 134 valence electrons. The highest BCUT2D eigenvalue weighted by atomic mass is 16.3. The van der Waals surface area contributed by atoms with Gasteiger partial charge in [0, 0.05) is 13.0 Å². The van der Waals surface area contributed by atoms with Crippen LogP contribution in [0.3, 0.4) is 0 Å². The number of rotatable bonds is 6. The number of carbonyl (C=O) groups is 2. The molecule has 9 nitrogen and oxygen atoms in total. The van der Waals surface area contributed by atoms with Gasteiger partial charge in [0.1, 0.15) is 18.1 Å². The zero-order valence-electron chi connectivity index (χ0n) is 13.9. The van der Waals surface area contributed by atoms with E-state index in [1.54, 1.807) is 16.7 Å². The SMILES string of the molecule is O=C(CNC(=O)Cn1nc2n(c1=O)CCCCC2)NCc1ccco1. The summed E-state index contributed by atoms with van der Waals surface area (Å²) in [4.78, 5) is 35.9. The van der Waals surface area contributed by atoms with Crippen LogP contribution in [0.15, 0.2) is 27.6 Å². The van der Waals surface area contributed by atoms with Crippen molar-refractivity contribution < 1.29 is 14.0 Å². The first-order valence-electron chi connectivity index (χ1n) is 8.36. The first-order valence-corrected chi connectivity index (χ1v) is 8.36. The van der Waals surface area contributed by atoms with Gasteiger partial charge in [0.2, 0.25) is 11.8 Å². The average Bonchev–Trinajstić information content (AvgIpc) is 3.14. The van der Waals surface area contributed by atoms with E-state index in [-0.39, 0.29) is 31.2 Å². The predicted molar refractivity (Wildman–Crippen MR) is 87.6 cm³/mol. The van der Waals surface area contributed by atoms with Crippen LogP contribution in [0.4, 0.5) is 0 Å². The van der Waals surface area contributed by atoms with E-state index in [4.69, 9.17) is 4.42 Å². The van der Waals surface area contributed by atoms with Crippen molar-refractivity contribution in [1.29, 1.82) is 0 Å². The van der Waals surface area contributed by atoms with Gasteiger partial charge in [-0.2, -0.15) is 5.10 Å². The molecule has 0 bridgehead atoms. The lowest BCUT2D eigenvalue weighted by Gasteiger charge is -2.05. The molecule has 0 unspecified atom stereocenters. The van der Waals surface area contributed by atoms with Crippen LogP contribution in [0, 0.1) is 0 Å². The Morgan fingerprint density at radius 3 is 2.88 bits per heavy atom. The third kappa shape index (κ3) is 4.37. The molecule has 0 aromatic carbocycles. The molecular formula is C16H21N5O4. The Bertz CT molecular complexity index is 790. The summed E-state index contributed by atoms with van der Waals surface area (Å²) in [6.07, 6.45) is 5.29. The van der Waals surface area contributed by atoms with E-state index in [2.05, 4.69) is 15.7 Å². The van der Waals surface area contributed by atoms with Gasteiger partial charge in [-0.1, -0.05) is 6.42 Å². The number of furan rings is 1. The standard InChI is InChI=1S/C16H21N5O4/c22-14(17-9-12-5-4-8-25-12)10-18-15(23)11-21-16(24)20-7-3-1-2-6-13(20)19-21/h4-5,8H,1-3,6-7,9-11H2,(H,17,22)(H,18,23). The Hall–Kier alpha value is -2.84. The number of hydrogen-bond acceptors (Lipinski definition) is 5. The number of fused-ring (bicyclic) bond motifs is 1. The molecule has 3 rings (SSSR count). The highest BCUT2D eigenvalue weighted by Gasteiger charge is 2.17. The first kappa shape index (κ1) is 17.0. The fraction of sp³-hybridized carbons (Fsp3) is 0.500. The van der Waals surface area contributed by atoms with Crippen LogP contribution >= 0.6 is 0 Å². The largest absolute Gasteiger partial charge is 0.467 e. The molecule has 0 saturated carbocycles. The molecule has 0 spiro atoms. The molecule has 2 aromatic rings. The van der Waals surface area contributed by atoms with Crippen LogP contribution in [0.2, 0.25) is 0 Å². The van der Waals surface area contributed by atoms with Crippen LogP contribution in [0.1, 0.15) is 30.8 Å². The Kier molecular flexibility index (Phi) is 5.32. The molecule has 1 aliphatic rings. The van der Waals surface area contributed by atoms with Crippen molar-refractivity contribution in [1.82, 2.24) is 25.0 Å². The maximum atomic E-state index is 12.3. The Morgan fingerprint density at radius 2 is 2.08 bits per heavy atom. The second-order valence-corrected chi connectivity index (χ2v) is 5.95. The van der Waals surface area contributed by atoms with E-state index in [1.807, 2.05) is 0 Å². The topological polar surface area (TPSA) is 111 Å². The van der Waals surface area contributed by atoms with Gasteiger partial charge >= 0.3 is 5.69 Å². The number of nitrogens with one attached hydrogen (secondary N) is 2. The molecule has 0 atom stereocenters. The number of aryl methyl sites for hydroxylation is 1. The Morgan fingerprint density at radius 1 is 1.20 bits per heavy atom. The Balaban J connectivity index is 1.48. The van der Waals surface area contributed by atoms with Crippen molar-refractivity contribution >= 4 is 11.8 Å². The van der Waals surface area contributed by atoms with E-state index in [9.17, 15) is 14.4 Å². The fourth-order valence-corrected chi connectivity index (χ4v) is 2.76. The summed E-state index contributed by atoms with van der Waals surface area (Å²) in [7, 11) is 0. The van der Waals surface area contributed by atoms with Crippen molar-refractivity contribution in [3.05, 3.63) is 40.5 Å². The summed E-state index contributed by atoms with van der Waals surface area (Å²) in [6, 6.07) is 3.47. The molecular weight excluding hydrogens is 326 g/mol. The van der Waals surface area contributed by atoms with E-state index in [0.717, 1.165) is 36.2 Å². The number of carbonyl (C=O) groups excluding carboxylic acids is 2. The van der Waals surface area contributed by atoms with Crippen LogP contribution in [-0.4, -0.2) is 32.7 Å². The van der Waals surface area contributed by atoms with Crippen LogP contribution < -0.4 is 16.3 Å².